The number of amidine groups is 1. The van der Waals surface area contributed by atoms with Crippen molar-refractivity contribution in [3.05, 3.63) is 29.3 Å². The van der Waals surface area contributed by atoms with Crippen molar-refractivity contribution in [1.82, 2.24) is 5.32 Å². The third kappa shape index (κ3) is 4.67. The summed E-state index contributed by atoms with van der Waals surface area (Å²) >= 11 is 5.81. The van der Waals surface area contributed by atoms with E-state index in [-0.39, 0.29) is 11.8 Å². The average Bonchev–Trinajstić information content (AvgIpc) is 2.34. The summed E-state index contributed by atoms with van der Waals surface area (Å²) in [5, 5.41) is 17.4. The van der Waals surface area contributed by atoms with Crippen LogP contribution in [0.1, 0.15) is 13.8 Å². The first-order valence-electron chi connectivity index (χ1n) is 5.74. The maximum Gasteiger partial charge on any atom is 0.319 e. The van der Waals surface area contributed by atoms with Crippen LogP contribution in [0.15, 0.2) is 29.4 Å². The number of oxime groups is 1. The first-order valence-corrected chi connectivity index (χ1v) is 6.12. The largest absolute Gasteiger partial charge is 0.409 e. The van der Waals surface area contributed by atoms with E-state index in [0.29, 0.717) is 10.7 Å². The van der Waals surface area contributed by atoms with E-state index in [4.69, 9.17) is 22.5 Å². The second-order valence-electron chi connectivity index (χ2n) is 4.36. The normalized spacial score (nSPS) is 13.2. The maximum atomic E-state index is 11.8. The van der Waals surface area contributed by atoms with E-state index in [1.54, 1.807) is 24.3 Å². The number of urea groups is 1. The van der Waals surface area contributed by atoms with Gasteiger partial charge in [-0.3, -0.25) is 0 Å². The van der Waals surface area contributed by atoms with E-state index in [9.17, 15) is 4.79 Å². The highest BCUT2D eigenvalue weighted by molar-refractivity contribution is 6.30. The molecule has 7 heteroatoms. The zero-order valence-corrected chi connectivity index (χ0v) is 11.5. The molecule has 19 heavy (non-hydrogen) atoms. The fourth-order valence-electron chi connectivity index (χ4n) is 1.52. The Morgan fingerprint density at radius 3 is 2.68 bits per heavy atom. The molecule has 104 valence electrons. The molecule has 0 aromatic heterocycles. The highest BCUT2D eigenvalue weighted by Crippen LogP contribution is 2.14. The minimum atomic E-state index is -0.552. The summed E-state index contributed by atoms with van der Waals surface area (Å²) in [6, 6.07) is 5.75. The number of hydrogen-bond donors (Lipinski definition) is 4. The Balaban J connectivity index is 2.68. The number of halogens is 1. The summed E-state index contributed by atoms with van der Waals surface area (Å²) in [6.07, 6.45) is 0. The smallest absolute Gasteiger partial charge is 0.319 e. The van der Waals surface area contributed by atoms with E-state index in [1.807, 2.05) is 13.8 Å². The number of amides is 2. The Bertz CT molecular complexity index is 477. The number of benzene rings is 1. The molecular weight excluding hydrogens is 268 g/mol. The van der Waals surface area contributed by atoms with Crippen molar-refractivity contribution >= 4 is 29.2 Å². The van der Waals surface area contributed by atoms with Crippen molar-refractivity contribution in [2.24, 2.45) is 16.8 Å². The monoisotopic (exact) mass is 284 g/mol. The minimum Gasteiger partial charge on any atom is -0.409 e. The van der Waals surface area contributed by atoms with Crippen LogP contribution in [0.2, 0.25) is 5.02 Å². The lowest BCUT2D eigenvalue weighted by Gasteiger charge is -2.21. The van der Waals surface area contributed by atoms with Gasteiger partial charge < -0.3 is 21.6 Å². The molecule has 5 N–H and O–H groups in total. The van der Waals surface area contributed by atoms with Crippen LogP contribution >= 0.6 is 11.6 Å². The SMILES string of the molecule is CC(C)C(NC(=O)Nc1cccc(Cl)c1)C(N)=NO. The van der Waals surface area contributed by atoms with Gasteiger partial charge in [0.1, 0.15) is 0 Å². The van der Waals surface area contributed by atoms with E-state index < -0.39 is 12.1 Å². The summed E-state index contributed by atoms with van der Waals surface area (Å²) in [5.74, 6) is -0.0581. The van der Waals surface area contributed by atoms with Crippen LogP contribution in [-0.4, -0.2) is 23.1 Å². The zero-order chi connectivity index (χ0) is 14.4. The molecule has 0 bridgehead atoms. The molecule has 2 amide bonds. The number of carbonyl (C=O) groups excluding carboxylic acids is 1. The maximum absolute atomic E-state index is 11.8. The lowest BCUT2D eigenvalue weighted by molar-refractivity contribution is 0.248. The van der Waals surface area contributed by atoms with Gasteiger partial charge in [0.2, 0.25) is 0 Å². The van der Waals surface area contributed by atoms with E-state index >= 15 is 0 Å². The number of rotatable bonds is 4. The van der Waals surface area contributed by atoms with Gasteiger partial charge >= 0.3 is 6.03 Å². The molecule has 0 fully saturated rings. The van der Waals surface area contributed by atoms with Gasteiger partial charge in [-0.05, 0) is 24.1 Å². The molecule has 0 saturated carbocycles. The van der Waals surface area contributed by atoms with Gasteiger partial charge in [-0.1, -0.05) is 36.7 Å². The quantitative estimate of drug-likeness (QED) is 0.295. The molecule has 1 rings (SSSR count). The Kier molecular flexibility index (Phi) is 5.44. The Labute approximate surface area is 116 Å². The lowest BCUT2D eigenvalue weighted by atomic mass is 10.0. The van der Waals surface area contributed by atoms with Crippen LogP contribution in [0, 0.1) is 5.92 Å². The Hall–Kier alpha value is -1.95. The zero-order valence-electron chi connectivity index (χ0n) is 10.7. The second-order valence-corrected chi connectivity index (χ2v) is 4.79. The molecule has 0 radical (unpaired) electrons. The molecule has 1 atom stereocenters. The molecule has 0 aliphatic heterocycles. The van der Waals surface area contributed by atoms with E-state index in [2.05, 4.69) is 15.8 Å². The Morgan fingerprint density at radius 1 is 1.47 bits per heavy atom. The number of nitrogens with two attached hydrogens (primary N) is 1. The van der Waals surface area contributed by atoms with Crippen LogP contribution in [0.3, 0.4) is 0 Å². The number of hydrogen-bond acceptors (Lipinski definition) is 3. The first-order chi connectivity index (χ1) is 8.93. The number of carbonyl (C=O) groups is 1. The summed E-state index contributed by atoms with van der Waals surface area (Å²) in [6.45, 7) is 3.70. The van der Waals surface area contributed by atoms with Gasteiger partial charge in [0.25, 0.3) is 0 Å². The molecule has 0 saturated heterocycles. The van der Waals surface area contributed by atoms with Crippen molar-refractivity contribution in [3.8, 4) is 0 Å². The molecule has 6 nitrogen and oxygen atoms in total. The van der Waals surface area contributed by atoms with Crippen molar-refractivity contribution in [3.63, 3.8) is 0 Å². The molecule has 1 aromatic carbocycles. The fourth-order valence-corrected chi connectivity index (χ4v) is 1.71. The van der Waals surface area contributed by atoms with E-state index in [1.165, 1.54) is 0 Å². The summed E-state index contributed by atoms with van der Waals surface area (Å²) in [7, 11) is 0. The van der Waals surface area contributed by atoms with Crippen LogP contribution in [0.25, 0.3) is 0 Å². The van der Waals surface area contributed by atoms with Crippen LogP contribution in [-0.2, 0) is 0 Å². The topological polar surface area (TPSA) is 99.7 Å². The lowest BCUT2D eigenvalue weighted by Crippen LogP contribution is -2.49. The predicted octanol–water partition coefficient (Wildman–Crippen LogP) is 2.23. The van der Waals surface area contributed by atoms with Crippen LogP contribution in [0.5, 0.6) is 0 Å². The number of anilines is 1. The summed E-state index contributed by atoms with van der Waals surface area (Å²) < 4.78 is 0. The first kappa shape index (κ1) is 15.1. The average molecular weight is 285 g/mol. The van der Waals surface area contributed by atoms with Crippen LogP contribution in [0.4, 0.5) is 10.5 Å². The molecule has 0 aliphatic rings. The van der Waals surface area contributed by atoms with Gasteiger partial charge in [0, 0.05) is 10.7 Å². The fraction of sp³-hybridized carbons (Fsp3) is 0.333. The van der Waals surface area contributed by atoms with Crippen molar-refractivity contribution in [1.29, 1.82) is 0 Å². The minimum absolute atomic E-state index is 0.0130. The Morgan fingerprint density at radius 2 is 2.16 bits per heavy atom. The van der Waals surface area contributed by atoms with Crippen molar-refractivity contribution in [2.75, 3.05) is 5.32 Å². The predicted molar refractivity (Wildman–Crippen MR) is 75.6 cm³/mol. The van der Waals surface area contributed by atoms with Gasteiger partial charge in [0.15, 0.2) is 5.84 Å². The molecular formula is C12H17ClN4O2. The standard InChI is InChI=1S/C12H17ClN4O2/c1-7(2)10(11(14)17-19)16-12(18)15-9-5-3-4-8(13)6-9/h3-7,10,19H,1-2H3,(H2,14,17)(H2,15,16,18). The van der Waals surface area contributed by atoms with Crippen molar-refractivity contribution in [2.45, 2.75) is 19.9 Å². The van der Waals surface area contributed by atoms with Gasteiger partial charge in [0.05, 0.1) is 6.04 Å². The molecule has 0 aliphatic carbocycles. The van der Waals surface area contributed by atoms with E-state index in [0.717, 1.165) is 0 Å². The van der Waals surface area contributed by atoms with Gasteiger partial charge in [-0.25, -0.2) is 4.79 Å². The summed E-state index contributed by atoms with van der Waals surface area (Å²) in [4.78, 5) is 11.8. The van der Waals surface area contributed by atoms with Gasteiger partial charge in [-0.15, -0.1) is 0 Å². The summed E-state index contributed by atoms with van der Waals surface area (Å²) in [5.41, 5.74) is 6.08. The van der Waals surface area contributed by atoms with Gasteiger partial charge in [-0.2, -0.15) is 0 Å². The number of nitrogens with one attached hydrogen (secondary N) is 2. The third-order valence-corrected chi connectivity index (χ3v) is 2.70. The molecule has 1 aromatic rings. The molecule has 0 spiro atoms. The highest BCUT2D eigenvalue weighted by atomic mass is 35.5. The molecule has 0 heterocycles. The number of nitrogens with zero attached hydrogens (tertiary/aromatic N) is 1. The third-order valence-electron chi connectivity index (χ3n) is 2.47. The van der Waals surface area contributed by atoms with Crippen molar-refractivity contribution < 1.29 is 10.0 Å². The highest BCUT2D eigenvalue weighted by Gasteiger charge is 2.20. The van der Waals surface area contributed by atoms with Crippen LogP contribution < -0.4 is 16.4 Å². The second kappa shape index (κ2) is 6.84. The molecule has 1 unspecified atom stereocenters.